The molecule has 1 amide bonds. The molecule has 2 aromatic rings. The summed E-state index contributed by atoms with van der Waals surface area (Å²) in [7, 11) is 0. The second kappa shape index (κ2) is 7.77. The second-order valence-electron chi connectivity index (χ2n) is 5.99. The molecule has 0 aliphatic carbocycles. The lowest BCUT2D eigenvalue weighted by atomic mass is 10.1. The highest BCUT2D eigenvalue weighted by atomic mass is 32.1. The zero-order valence-electron chi connectivity index (χ0n) is 14.0. The van der Waals surface area contributed by atoms with E-state index in [-0.39, 0.29) is 18.1 Å². The number of nitrogens with one attached hydrogen (secondary N) is 1. The second-order valence-corrected chi connectivity index (χ2v) is 7.05. The number of hydrogen-bond donors (Lipinski definition) is 1. The van der Waals surface area contributed by atoms with E-state index in [4.69, 9.17) is 9.47 Å². The number of thiazole rings is 1. The molecule has 1 N–H and O–H groups in total. The van der Waals surface area contributed by atoms with Gasteiger partial charge in [-0.1, -0.05) is 6.07 Å². The van der Waals surface area contributed by atoms with Gasteiger partial charge in [0.2, 0.25) is 0 Å². The average molecular weight is 346 g/mol. The quantitative estimate of drug-likeness (QED) is 0.871. The van der Waals surface area contributed by atoms with E-state index in [0.29, 0.717) is 17.9 Å². The third-order valence-corrected chi connectivity index (χ3v) is 4.85. The van der Waals surface area contributed by atoms with E-state index in [9.17, 15) is 4.79 Å². The van der Waals surface area contributed by atoms with Crippen molar-refractivity contribution in [2.75, 3.05) is 6.61 Å². The first-order valence-corrected chi connectivity index (χ1v) is 9.06. The molecule has 1 aromatic heterocycles. The fourth-order valence-electron chi connectivity index (χ4n) is 2.74. The van der Waals surface area contributed by atoms with Gasteiger partial charge in [-0.2, -0.15) is 0 Å². The predicted molar refractivity (Wildman–Crippen MR) is 93.5 cm³/mol. The molecule has 1 aliphatic heterocycles. The highest BCUT2D eigenvalue weighted by Crippen LogP contribution is 2.18. The molecule has 5 nitrogen and oxygen atoms in total. The van der Waals surface area contributed by atoms with E-state index in [2.05, 4.69) is 10.3 Å². The van der Waals surface area contributed by atoms with Crippen molar-refractivity contribution in [3.8, 4) is 5.75 Å². The van der Waals surface area contributed by atoms with E-state index in [1.54, 1.807) is 23.5 Å². The highest BCUT2D eigenvalue weighted by molar-refractivity contribution is 7.09. The fourth-order valence-corrected chi connectivity index (χ4v) is 3.34. The number of aryl methyl sites for hydroxylation is 1. The molecule has 1 fully saturated rings. The Morgan fingerprint density at radius 1 is 1.54 bits per heavy atom. The van der Waals surface area contributed by atoms with Crippen LogP contribution in [-0.4, -0.2) is 29.6 Å². The van der Waals surface area contributed by atoms with Gasteiger partial charge in [0.15, 0.2) is 0 Å². The Bertz CT molecular complexity index is 695. The lowest BCUT2D eigenvalue weighted by Gasteiger charge is -2.20. The van der Waals surface area contributed by atoms with Gasteiger partial charge in [0.25, 0.3) is 5.91 Å². The molecule has 1 aromatic carbocycles. The Balaban J connectivity index is 1.58. The van der Waals surface area contributed by atoms with E-state index in [1.165, 1.54) is 0 Å². The third kappa shape index (κ3) is 4.33. The molecule has 2 heterocycles. The van der Waals surface area contributed by atoms with E-state index < -0.39 is 0 Å². The van der Waals surface area contributed by atoms with E-state index in [1.807, 2.05) is 31.4 Å². The van der Waals surface area contributed by atoms with Crippen LogP contribution in [0.1, 0.15) is 40.8 Å². The van der Waals surface area contributed by atoms with Gasteiger partial charge in [0, 0.05) is 17.6 Å². The third-order valence-electron chi connectivity index (χ3n) is 4.03. The molecule has 0 radical (unpaired) electrons. The van der Waals surface area contributed by atoms with Gasteiger partial charge < -0.3 is 14.8 Å². The van der Waals surface area contributed by atoms with Crippen molar-refractivity contribution < 1.29 is 14.3 Å². The van der Waals surface area contributed by atoms with Gasteiger partial charge in [-0.05, 0) is 44.9 Å². The summed E-state index contributed by atoms with van der Waals surface area (Å²) < 4.78 is 11.4. The van der Waals surface area contributed by atoms with Crippen molar-refractivity contribution in [2.24, 2.45) is 0 Å². The van der Waals surface area contributed by atoms with Crippen LogP contribution in [0.5, 0.6) is 5.75 Å². The number of amides is 1. The molecule has 24 heavy (non-hydrogen) atoms. The number of rotatable bonds is 6. The molecule has 0 saturated carbocycles. The van der Waals surface area contributed by atoms with Gasteiger partial charge in [0.1, 0.15) is 12.4 Å². The van der Waals surface area contributed by atoms with Crippen molar-refractivity contribution >= 4 is 17.2 Å². The minimum atomic E-state index is -0.104. The molecular weight excluding hydrogens is 324 g/mol. The van der Waals surface area contributed by atoms with Crippen molar-refractivity contribution in [1.82, 2.24) is 10.3 Å². The molecule has 1 saturated heterocycles. The number of carbonyl (C=O) groups excluding carboxylic acids is 1. The van der Waals surface area contributed by atoms with Crippen LogP contribution in [0.25, 0.3) is 0 Å². The maximum atomic E-state index is 12.4. The van der Waals surface area contributed by atoms with E-state index >= 15 is 0 Å². The first-order valence-electron chi connectivity index (χ1n) is 8.18. The van der Waals surface area contributed by atoms with Gasteiger partial charge in [0.05, 0.1) is 22.8 Å². The highest BCUT2D eigenvalue weighted by Gasteiger charge is 2.24. The summed E-state index contributed by atoms with van der Waals surface area (Å²) in [5.74, 6) is 0.561. The van der Waals surface area contributed by atoms with Crippen LogP contribution in [0.4, 0.5) is 0 Å². The minimum Gasteiger partial charge on any atom is -0.487 e. The van der Waals surface area contributed by atoms with Crippen LogP contribution < -0.4 is 10.1 Å². The predicted octanol–water partition coefficient (Wildman–Crippen LogP) is 3.33. The number of carbonyl (C=O) groups is 1. The Labute approximate surface area is 146 Å². The molecule has 1 aliphatic rings. The Morgan fingerprint density at radius 3 is 3.12 bits per heavy atom. The standard InChI is InChI=1S/C18H22N2O3S/c1-12(17-7-4-8-22-17)19-18(21)14-5-3-6-16(9-14)23-10-15-11-24-13(2)20-15/h3,5-6,9,11-12,17H,4,7-8,10H2,1-2H3,(H,19,21). The molecule has 0 spiro atoms. The largest absolute Gasteiger partial charge is 0.487 e. The Hall–Kier alpha value is -1.92. The van der Waals surface area contributed by atoms with Gasteiger partial charge in [-0.3, -0.25) is 4.79 Å². The topological polar surface area (TPSA) is 60.5 Å². The monoisotopic (exact) mass is 346 g/mol. The summed E-state index contributed by atoms with van der Waals surface area (Å²) in [5.41, 5.74) is 1.49. The lowest BCUT2D eigenvalue weighted by molar-refractivity contribution is 0.0712. The molecular formula is C18H22N2O3S. The molecule has 2 atom stereocenters. The zero-order valence-corrected chi connectivity index (χ0v) is 14.8. The smallest absolute Gasteiger partial charge is 0.251 e. The number of ether oxygens (including phenoxy) is 2. The summed E-state index contributed by atoms with van der Waals surface area (Å²) in [4.78, 5) is 16.8. The maximum absolute atomic E-state index is 12.4. The Morgan fingerprint density at radius 2 is 2.42 bits per heavy atom. The van der Waals surface area contributed by atoms with Crippen LogP contribution >= 0.6 is 11.3 Å². The first kappa shape index (κ1) is 16.9. The minimum absolute atomic E-state index is 0.00237. The summed E-state index contributed by atoms with van der Waals surface area (Å²) >= 11 is 1.60. The number of nitrogens with zero attached hydrogens (tertiary/aromatic N) is 1. The summed E-state index contributed by atoms with van der Waals surface area (Å²) in [6, 6.07) is 7.23. The van der Waals surface area contributed by atoms with Gasteiger partial charge in [-0.15, -0.1) is 11.3 Å². The molecule has 6 heteroatoms. The molecule has 0 bridgehead atoms. The van der Waals surface area contributed by atoms with Crippen molar-refractivity contribution in [3.05, 3.63) is 45.9 Å². The summed E-state index contributed by atoms with van der Waals surface area (Å²) in [6.07, 6.45) is 2.17. The average Bonchev–Trinajstić information content (AvgIpc) is 3.25. The Kier molecular flexibility index (Phi) is 5.48. The van der Waals surface area contributed by atoms with Crippen molar-refractivity contribution in [2.45, 2.75) is 45.4 Å². The molecule has 128 valence electrons. The first-order chi connectivity index (χ1) is 11.6. The van der Waals surface area contributed by atoms with Crippen LogP contribution in [0.15, 0.2) is 29.6 Å². The lowest BCUT2D eigenvalue weighted by Crippen LogP contribution is -2.40. The zero-order chi connectivity index (χ0) is 16.9. The fraction of sp³-hybridized carbons (Fsp3) is 0.444. The number of hydrogen-bond acceptors (Lipinski definition) is 5. The van der Waals surface area contributed by atoms with Crippen LogP contribution in [0, 0.1) is 6.92 Å². The van der Waals surface area contributed by atoms with Gasteiger partial charge in [-0.25, -0.2) is 4.98 Å². The van der Waals surface area contributed by atoms with Crippen LogP contribution in [0.3, 0.4) is 0 Å². The van der Waals surface area contributed by atoms with E-state index in [0.717, 1.165) is 30.2 Å². The van der Waals surface area contributed by atoms with Crippen molar-refractivity contribution in [1.29, 1.82) is 0 Å². The number of benzene rings is 1. The number of aromatic nitrogens is 1. The molecule has 3 rings (SSSR count). The van der Waals surface area contributed by atoms with Crippen LogP contribution in [-0.2, 0) is 11.3 Å². The summed E-state index contributed by atoms with van der Waals surface area (Å²) in [6.45, 7) is 5.14. The molecule has 2 unspecified atom stereocenters. The van der Waals surface area contributed by atoms with Gasteiger partial charge >= 0.3 is 0 Å². The maximum Gasteiger partial charge on any atom is 0.251 e. The van der Waals surface area contributed by atoms with Crippen molar-refractivity contribution in [3.63, 3.8) is 0 Å². The van der Waals surface area contributed by atoms with Crippen LogP contribution in [0.2, 0.25) is 0 Å². The normalized spacial score (nSPS) is 18.3. The summed E-state index contributed by atoms with van der Waals surface area (Å²) in [5, 5.41) is 6.01. The SMILES string of the molecule is Cc1nc(COc2cccc(C(=O)NC(C)C3CCCO3)c2)cs1.